The molecule has 7 nitrogen and oxygen atoms in total. The van der Waals surface area contributed by atoms with E-state index in [2.05, 4.69) is 14.9 Å². The van der Waals surface area contributed by atoms with Crippen molar-refractivity contribution in [1.82, 2.24) is 19.6 Å². The second-order valence-electron chi connectivity index (χ2n) is 6.84. The second-order valence-corrected chi connectivity index (χ2v) is 6.84. The van der Waals surface area contributed by atoms with E-state index in [1.54, 1.807) is 4.68 Å². The summed E-state index contributed by atoms with van der Waals surface area (Å²) >= 11 is 0. The summed E-state index contributed by atoms with van der Waals surface area (Å²) in [6.07, 6.45) is 7.89. The van der Waals surface area contributed by atoms with Crippen LogP contribution in [0.2, 0.25) is 0 Å². The average Bonchev–Trinajstić information content (AvgIpc) is 3.16. The van der Waals surface area contributed by atoms with Crippen LogP contribution in [0.1, 0.15) is 31.2 Å². The zero-order valence-corrected chi connectivity index (χ0v) is 14.3. The molecular weight excluding hydrogens is 308 g/mol. The van der Waals surface area contributed by atoms with Gasteiger partial charge in [0.2, 0.25) is 0 Å². The molecule has 1 atom stereocenters. The van der Waals surface area contributed by atoms with Crippen LogP contribution in [-0.4, -0.2) is 76.1 Å². The van der Waals surface area contributed by atoms with E-state index in [1.165, 1.54) is 25.9 Å². The van der Waals surface area contributed by atoms with E-state index in [0.717, 1.165) is 44.8 Å². The lowest BCUT2D eigenvalue weighted by Gasteiger charge is -2.26. The van der Waals surface area contributed by atoms with Crippen LogP contribution in [0.15, 0.2) is 12.4 Å². The van der Waals surface area contributed by atoms with Gasteiger partial charge in [0.25, 0.3) is 0 Å². The molecule has 2 aliphatic heterocycles. The molecule has 0 aromatic carbocycles. The number of carbonyl (C=O) groups is 1. The normalized spacial score (nSPS) is 23.4. The van der Waals surface area contributed by atoms with Crippen LogP contribution in [0.25, 0.3) is 0 Å². The fraction of sp³-hybridized carbons (Fsp3) is 0.765. The zero-order valence-electron chi connectivity index (χ0n) is 14.3. The van der Waals surface area contributed by atoms with Crippen molar-refractivity contribution in [3.63, 3.8) is 0 Å². The maximum absolute atomic E-state index is 10.6. The molecule has 0 amide bonds. The largest absolute Gasteiger partial charge is 0.481 e. The van der Waals surface area contributed by atoms with Gasteiger partial charge < -0.3 is 14.7 Å². The number of hydrogen-bond acceptors (Lipinski definition) is 5. The SMILES string of the molecule is O=C(O)CCn1cc(CN2CCCOC(CN3CCCC3)C2)cn1. The quantitative estimate of drug-likeness (QED) is 0.802. The lowest BCUT2D eigenvalue weighted by atomic mass is 10.2. The Morgan fingerprint density at radius 1 is 1.25 bits per heavy atom. The Morgan fingerprint density at radius 3 is 2.83 bits per heavy atom. The molecule has 24 heavy (non-hydrogen) atoms. The Hall–Kier alpha value is -1.44. The fourth-order valence-electron chi connectivity index (χ4n) is 3.56. The zero-order chi connectivity index (χ0) is 16.8. The van der Waals surface area contributed by atoms with E-state index in [-0.39, 0.29) is 12.5 Å². The molecule has 2 aliphatic rings. The summed E-state index contributed by atoms with van der Waals surface area (Å²) in [6.45, 7) is 7.56. The number of aromatic nitrogens is 2. The Kier molecular flexibility index (Phi) is 6.23. The number of likely N-dealkylation sites (tertiary alicyclic amines) is 1. The fourth-order valence-corrected chi connectivity index (χ4v) is 3.56. The number of aliphatic carboxylic acids is 1. The van der Waals surface area contributed by atoms with Gasteiger partial charge >= 0.3 is 5.97 Å². The predicted molar refractivity (Wildman–Crippen MR) is 89.8 cm³/mol. The van der Waals surface area contributed by atoms with Gasteiger partial charge in [0.05, 0.1) is 25.3 Å². The molecule has 1 aromatic heterocycles. The number of nitrogens with zero attached hydrogens (tertiary/aromatic N) is 4. The summed E-state index contributed by atoms with van der Waals surface area (Å²) in [5, 5.41) is 13.0. The predicted octanol–water partition coefficient (Wildman–Crippen LogP) is 1.04. The van der Waals surface area contributed by atoms with Crippen LogP contribution in [0.3, 0.4) is 0 Å². The maximum atomic E-state index is 10.6. The molecule has 1 unspecified atom stereocenters. The van der Waals surface area contributed by atoms with Crippen molar-refractivity contribution in [3.8, 4) is 0 Å². The highest BCUT2D eigenvalue weighted by Crippen LogP contribution is 2.14. The number of hydrogen-bond donors (Lipinski definition) is 1. The standard InChI is InChI=1S/C17H28N4O3/c22-17(23)4-8-21-12-15(10-18-21)11-20-7-3-9-24-16(14-20)13-19-5-1-2-6-19/h10,12,16H,1-9,11,13-14H2,(H,22,23). The number of rotatable bonds is 7. The number of carboxylic acid groups (broad SMARTS) is 1. The molecule has 1 aromatic rings. The van der Waals surface area contributed by atoms with Crippen LogP contribution < -0.4 is 0 Å². The van der Waals surface area contributed by atoms with Crippen molar-refractivity contribution in [3.05, 3.63) is 18.0 Å². The van der Waals surface area contributed by atoms with Gasteiger partial charge in [-0.05, 0) is 32.4 Å². The lowest BCUT2D eigenvalue weighted by molar-refractivity contribution is -0.137. The van der Waals surface area contributed by atoms with Crippen molar-refractivity contribution in [1.29, 1.82) is 0 Å². The summed E-state index contributed by atoms with van der Waals surface area (Å²) in [6, 6.07) is 0. The van der Waals surface area contributed by atoms with Gasteiger partial charge in [-0.15, -0.1) is 0 Å². The highest BCUT2D eigenvalue weighted by Gasteiger charge is 2.23. The van der Waals surface area contributed by atoms with Crippen LogP contribution in [0, 0.1) is 0 Å². The van der Waals surface area contributed by atoms with Gasteiger partial charge in [-0.25, -0.2) is 0 Å². The van der Waals surface area contributed by atoms with E-state index in [0.29, 0.717) is 6.54 Å². The molecule has 2 fully saturated rings. The van der Waals surface area contributed by atoms with Crippen molar-refractivity contribution in [2.75, 3.05) is 39.3 Å². The Balaban J connectivity index is 1.50. The number of ether oxygens (including phenoxy) is 1. The average molecular weight is 336 g/mol. The van der Waals surface area contributed by atoms with Crippen molar-refractivity contribution >= 4 is 5.97 Å². The third-order valence-electron chi connectivity index (χ3n) is 4.74. The Morgan fingerprint density at radius 2 is 2.04 bits per heavy atom. The van der Waals surface area contributed by atoms with Crippen molar-refractivity contribution in [2.24, 2.45) is 0 Å². The molecule has 1 N–H and O–H groups in total. The van der Waals surface area contributed by atoms with Gasteiger partial charge in [0.15, 0.2) is 0 Å². The first kappa shape index (κ1) is 17.4. The first-order valence-corrected chi connectivity index (χ1v) is 8.98. The van der Waals surface area contributed by atoms with Gasteiger partial charge in [-0.1, -0.05) is 0 Å². The molecule has 0 spiro atoms. The lowest BCUT2D eigenvalue weighted by Crippen LogP contribution is -2.39. The molecule has 0 aliphatic carbocycles. The van der Waals surface area contributed by atoms with Crippen LogP contribution in [-0.2, 0) is 22.6 Å². The van der Waals surface area contributed by atoms with Crippen LogP contribution in [0.4, 0.5) is 0 Å². The molecule has 0 bridgehead atoms. The molecule has 134 valence electrons. The highest BCUT2D eigenvalue weighted by atomic mass is 16.5. The first-order valence-electron chi connectivity index (χ1n) is 8.98. The van der Waals surface area contributed by atoms with Gasteiger partial charge in [-0.2, -0.15) is 5.10 Å². The van der Waals surface area contributed by atoms with Gasteiger partial charge in [0, 0.05) is 44.5 Å². The summed E-state index contributed by atoms with van der Waals surface area (Å²) < 4.78 is 7.76. The van der Waals surface area contributed by atoms with E-state index >= 15 is 0 Å². The van der Waals surface area contributed by atoms with E-state index in [1.807, 2.05) is 12.4 Å². The van der Waals surface area contributed by atoms with E-state index < -0.39 is 5.97 Å². The second kappa shape index (κ2) is 8.60. The van der Waals surface area contributed by atoms with E-state index in [4.69, 9.17) is 9.84 Å². The first-order chi connectivity index (χ1) is 11.7. The molecule has 3 rings (SSSR count). The molecule has 3 heterocycles. The van der Waals surface area contributed by atoms with Crippen LogP contribution >= 0.6 is 0 Å². The summed E-state index contributed by atoms with van der Waals surface area (Å²) in [5.74, 6) is -0.790. The molecule has 7 heteroatoms. The number of carboxylic acids is 1. The van der Waals surface area contributed by atoms with E-state index in [9.17, 15) is 4.79 Å². The summed E-state index contributed by atoms with van der Waals surface area (Å²) in [4.78, 5) is 15.6. The summed E-state index contributed by atoms with van der Waals surface area (Å²) in [7, 11) is 0. The van der Waals surface area contributed by atoms with Crippen LogP contribution in [0.5, 0.6) is 0 Å². The van der Waals surface area contributed by atoms with Gasteiger partial charge in [0.1, 0.15) is 0 Å². The third kappa shape index (κ3) is 5.29. The highest BCUT2D eigenvalue weighted by molar-refractivity contribution is 5.66. The number of aryl methyl sites for hydroxylation is 1. The smallest absolute Gasteiger partial charge is 0.305 e. The van der Waals surface area contributed by atoms with Gasteiger partial charge in [-0.3, -0.25) is 14.4 Å². The molecular formula is C17H28N4O3. The minimum Gasteiger partial charge on any atom is -0.481 e. The minimum absolute atomic E-state index is 0.108. The maximum Gasteiger partial charge on any atom is 0.305 e. The molecule has 0 radical (unpaired) electrons. The molecule has 0 saturated carbocycles. The summed E-state index contributed by atoms with van der Waals surface area (Å²) in [5.41, 5.74) is 1.14. The topological polar surface area (TPSA) is 70.8 Å². The minimum atomic E-state index is -0.790. The Labute approximate surface area is 143 Å². The third-order valence-corrected chi connectivity index (χ3v) is 4.74. The van der Waals surface area contributed by atoms with Crippen molar-refractivity contribution in [2.45, 2.75) is 44.9 Å². The van der Waals surface area contributed by atoms with Crippen molar-refractivity contribution < 1.29 is 14.6 Å². The monoisotopic (exact) mass is 336 g/mol. The molecule has 2 saturated heterocycles. The Bertz CT molecular complexity index is 528.